The quantitative estimate of drug-likeness (QED) is 0.609. The SMILES string of the molecule is CN=C(NCC(c1ccc(C)cc1)N1CCCC1)N(C)Cc1csc(C)n1. The maximum atomic E-state index is 4.57. The molecule has 146 valence electrons. The van der Waals surface area contributed by atoms with Crippen molar-refractivity contribution >= 4 is 17.3 Å². The van der Waals surface area contributed by atoms with Crippen molar-refractivity contribution in [1.82, 2.24) is 20.1 Å². The van der Waals surface area contributed by atoms with Gasteiger partial charge in [-0.2, -0.15) is 0 Å². The third-order valence-corrected chi connectivity index (χ3v) is 5.96. The fourth-order valence-corrected chi connectivity index (χ4v) is 4.27. The van der Waals surface area contributed by atoms with Gasteiger partial charge in [-0.05, 0) is 45.3 Å². The third-order valence-electron chi connectivity index (χ3n) is 5.14. The molecule has 1 fully saturated rings. The minimum atomic E-state index is 0.375. The van der Waals surface area contributed by atoms with Crippen LogP contribution < -0.4 is 5.32 Å². The lowest BCUT2D eigenvalue weighted by Gasteiger charge is -2.30. The predicted molar refractivity (Wildman–Crippen MR) is 114 cm³/mol. The van der Waals surface area contributed by atoms with Gasteiger partial charge in [-0.3, -0.25) is 9.89 Å². The molecule has 1 aliphatic rings. The van der Waals surface area contributed by atoms with Crippen LogP contribution in [0.15, 0.2) is 34.6 Å². The Balaban J connectivity index is 1.66. The molecule has 5 nitrogen and oxygen atoms in total. The number of nitrogens with one attached hydrogen (secondary N) is 1. The summed E-state index contributed by atoms with van der Waals surface area (Å²) in [7, 11) is 3.92. The first-order valence-corrected chi connectivity index (χ1v) is 10.6. The highest BCUT2D eigenvalue weighted by molar-refractivity contribution is 7.09. The lowest BCUT2D eigenvalue weighted by Crippen LogP contribution is -2.43. The topological polar surface area (TPSA) is 43.8 Å². The van der Waals surface area contributed by atoms with Crippen LogP contribution in [0.3, 0.4) is 0 Å². The number of aryl methyl sites for hydroxylation is 2. The van der Waals surface area contributed by atoms with E-state index in [4.69, 9.17) is 0 Å². The average Bonchev–Trinajstić information content (AvgIpc) is 3.32. The Morgan fingerprint density at radius 2 is 1.96 bits per heavy atom. The fourth-order valence-electron chi connectivity index (χ4n) is 3.67. The minimum Gasteiger partial charge on any atom is -0.354 e. The second kappa shape index (κ2) is 9.33. The summed E-state index contributed by atoms with van der Waals surface area (Å²) in [4.78, 5) is 13.8. The van der Waals surface area contributed by atoms with Crippen molar-refractivity contribution in [2.75, 3.05) is 33.7 Å². The number of rotatable bonds is 6. The van der Waals surface area contributed by atoms with E-state index in [2.05, 4.69) is 68.7 Å². The number of guanidine groups is 1. The fraction of sp³-hybridized carbons (Fsp3) is 0.524. The van der Waals surface area contributed by atoms with Gasteiger partial charge < -0.3 is 10.2 Å². The maximum absolute atomic E-state index is 4.57. The monoisotopic (exact) mass is 385 g/mol. The summed E-state index contributed by atoms with van der Waals surface area (Å²) in [5.41, 5.74) is 3.78. The molecule has 1 aromatic carbocycles. The first-order chi connectivity index (χ1) is 13.1. The van der Waals surface area contributed by atoms with E-state index >= 15 is 0 Å². The molecule has 1 aromatic heterocycles. The van der Waals surface area contributed by atoms with Crippen LogP contribution in [0.4, 0.5) is 0 Å². The first kappa shape index (κ1) is 19.8. The largest absolute Gasteiger partial charge is 0.354 e. The Labute approximate surface area is 167 Å². The van der Waals surface area contributed by atoms with Crippen LogP contribution in [0.1, 0.15) is 40.7 Å². The van der Waals surface area contributed by atoms with Crippen molar-refractivity contribution in [3.05, 3.63) is 51.5 Å². The molecule has 1 aliphatic heterocycles. The second-order valence-electron chi connectivity index (χ2n) is 7.31. The Hall–Kier alpha value is -1.92. The highest BCUT2D eigenvalue weighted by atomic mass is 32.1. The van der Waals surface area contributed by atoms with Gasteiger partial charge in [-0.1, -0.05) is 29.8 Å². The summed E-state index contributed by atoms with van der Waals surface area (Å²) in [5, 5.41) is 6.83. The molecule has 3 rings (SSSR count). The van der Waals surface area contributed by atoms with Crippen LogP contribution in [-0.4, -0.2) is 54.5 Å². The number of aromatic nitrogens is 1. The molecule has 0 amide bonds. The number of likely N-dealkylation sites (tertiary alicyclic amines) is 1. The minimum absolute atomic E-state index is 0.375. The summed E-state index contributed by atoms with van der Waals surface area (Å²) >= 11 is 1.69. The number of hydrogen-bond acceptors (Lipinski definition) is 4. The molecule has 0 spiro atoms. The van der Waals surface area contributed by atoms with Gasteiger partial charge in [0.15, 0.2) is 5.96 Å². The van der Waals surface area contributed by atoms with E-state index in [1.807, 2.05) is 14.0 Å². The zero-order valence-electron chi connectivity index (χ0n) is 16.9. The van der Waals surface area contributed by atoms with Gasteiger partial charge in [0.25, 0.3) is 0 Å². The van der Waals surface area contributed by atoms with Gasteiger partial charge in [0.05, 0.1) is 23.3 Å². The second-order valence-corrected chi connectivity index (χ2v) is 8.37. The summed E-state index contributed by atoms with van der Waals surface area (Å²) in [6, 6.07) is 9.34. The molecule has 1 saturated heterocycles. The van der Waals surface area contributed by atoms with Gasteiger partial charge in [0.1, 0.15) is 0 Å². The lowest BCUT2D eigenvalue weighted by molar-refractivity contribution is 0.244. The number of hydrogen-bond donors (Lipinski definition) is 1. The van der Waals surface area contributed by atoms with Crippen LogP contribution >= 0.6 is 11.3 Å². The number of nitrogens with zero attached hydrogens (tertiary/aromatic N) is 4. The van der Waals surface area contributed by atoms with Gasteiger partial charge in [-0.15, -0.1) is 11.3 Å². The van der Waals surface area contributed by atoms with Crippen molar-refractivity contribution < 1.29 is 0 Å². The van der Waals surface area contributed by atoms with Crippen LogP contribution in [0.2, 0.25) is 0 Å². The summed E-state index contributed by atoms with van der Waals surface area (Å²) in [6.45, 7) is 8.16. The van der Waals surface area contributed by atoms with Crippen LogP contribution in [0.25, 0.3) is 0 Å². The predicted octanol–water partition coefficient (Wildman–Crippen LogP) is 3.60. The molecular formula is C21H31N5S. The molecule has 1 N–H and O–H groups in total. The Kier molecular flexibility index (Phi) is 6.85. The molecule has 2 heterocycles. The Bertz CT molecular complexity index is 746. The maximum Gasteiger partial charge on any atom is 0.193 e. The van der Waals surface area contributed by atoms with E-state index in [0.717, 1.165) is 29.8 Å². The van der Waals surface area contributed by atoms with Crippen LogP contribution in [0.5, 0.6) is 0 Å². The van der Waals surface area contributed by atoms with E-state index in [1.165, 1.54) is 37.1 Å². The number of benzene rings is 1. The van der Waals surface area contributed by atoms with E-state index < -0.39 is 0 Å². The van der Waals surface area contributed by atoms with E-state index in [9.17, 15) is 0 Å². The Morgan fingerprint density at radius 1 is 1.26 bits per heavy atom. The summed E-state index contributed by atoms with van der Waals surface area (Å²) < 4.78 is 0. The molecule has 1 unspecified atom stereocenters. The van der Waals surface area contributed by atoms with Crippen molar-refractivity contribution in [3.8, 4) is 0 Å². The average molecular weight is 386 g/mol. The smallest absolute Gasteiger partial charge is 0.193 e. The molecule has 27 heavy (non-hydrogen) atoms. The van der Waals surface area contributed by atoms with Crippen molar-refractivity contribution in [2.24, 2.45) is 4.99 Å². The molecule has 0 radical (unpaired) electrons. The molecule has 1 atom stereocenters. The van der Waals surface area contributed by atoms with Crippen LogP contribution in [-0.2, 0) is 6.54 Å². The first-order valence-electron chi connectivity index (χ1n) is 9.70. The van der Waals surface area contributed by atoms with Crippen molar-refractivity contribution in [1.29, 1.82) is 0 Å². The van der Waals surface area contributed by atoms with Gasteiger partial charge in [0, 0.05) is 26.0 Å². The van der Waals surface area contributed by atoms with Gasteiger partial charge in [0.2, 0.25) is 0 Å². The van der Waals surface area contributed by atoms with Crippen molar-refractivity contribution in [3.63, 3.8) is 0 Å². The van der Waals surface area contributed by atoms with Gasteiger partial charge >= 0.3 is 0 Å². The third kappa shape index (κ3) is 5.30. The molecule has 6 heteroatoms. The van der Waals surface area contributed by atoms with Gasteiger partial charge in [-0.25, -0.2) is 4.98 Å². The summed E-state index contributed by atoms with van der Waals surface area (Å²) in [5.74, 6) is 0.914. The highest BCUT2D eigenvalue weighted by Gasteiger charge is 2.24. The molecule has 0 saturated carbocycles. The molecular weight excluding hydrogens is 354 g/mol. The normalized spacial score (nSPS) is 16.5. The van der Waals surface area contributed by atoms with E-state index in [0.29, 0.717) is 6.04 Å². The van der Waals surface area contributed by atoms with Crippen LogP contribution in [0, 0.1) is 13.8 Å². The molecule has 2 aromatic rings. The van der Waals surface area contributed by atoms with Crippen molar-refractivity contribution in [2.45, 2.75) is 39.3 Å². The zero-order chi connectivity index (χ0) is 19.2. The summed E-state index contributed by atoms with van der Waals surface area (Å²) in [6.07, 6.45) is 2.58. The molecule has 0 aliphatic carbocycles. The Morgan fingerprint density at radius 3 is 2.56 bits per heavy atom. The highest BCUT2D eigenvalue weighted by Crippen LogP contribution is 2.25. The molecule has 0 bridgehead atoms. The van der Waals surface area contributed by atoms with E-state index in [1.54, 1.807) is 11.3 Å². The number of aliphatic imine (C=N–C) groups is 1. The number of thiazole rings is 1. The zero-order valence-corrected chi connectivity index (χ0v) is 17.7. The van der Waals surface area contributed by atoms with E-state index in [-0.39, 0.29) is 0 Å². The lowest BCUT2D eigenvalue weighted by atomic mass is 10.0. The standard InChI is InChI=1S/C21H31N5S/c1-16-7-9-18(10-8-16)20(26-11-5-6-12-26)13-23-21(22-3)25(4)14-19-15-27-17(2)24-19/h7-10,15,20H,5-6,11-14H2,1-4H3,(H,22,23).